The Hall–Kier alpha value is -2.97. The monoisotopic (exact) mass is 635 g/mol. The van der Waals surface area contributed by atoms with Gasteiger partial charge in [-0.2, -0.15) is 4.98 Å². The molecule has 1 aromatic heterocycles. The molecule has 2 aromatic carbocycles. The normalized spacial score (nSPS) is 19.5. The summed E-state index contributed by atoms with van der Waals surface area (Å²) in [5.74, 6) is 1.48. The second kappa shape index (κ2) is 14.6. The number of aryl methyl sites for hydroxylation is 2. The number of nitrogens with one attached hydrogen (secondary N) is 1. The SMILES string of the molecule is CCCC(CC[C@H](C)C1c2cccc(c2)S(=O)(=O)Nc2nc(cc(-c3c(C)cccc3C)n2)OC[C@H]1CCC(C)C)C(C)(C)O. The molecule has 2 unspecified atom stereocenters. The molecule has 4 atom stereocenters. The van der Waals surface area contributed by atoms with E-state index in [-0.39, 0.29) is 34.5 Å². The second-order valence-corrected chi connectivity index (χ2v) is 15.8. The van der Waals surface area contributed by atoms with Gasteiger partial charge in [0.1, 0.15) is 0 Å². The van der Waals surface area contributed by atoms with Crippen molar-refractivity contribution in [3.8, 4) is 17.1 Å². The molecule has 8 heteroatoms. The molecule has 246 valence electrons. The lowest BCUT2D eigenvalue weighted by Crippen LogP contribution is -2.32. The van der Waals surface area contributed by atoms with Crippen molar-refractivity contribution in [3.05, 3.63) is 65.2 Å². The minimum atomic E-state index is -3.97. The van der Waals surface area contributed by atoms with Gasteiger partial charge in [0.05, 0.1) is 22.8 Å². The molecule has 7 nitrogen and oxygen atoms in total. The van der Waals surface area contributed by atoms with Crippen LogP contribution in [0.1, 0.15) is 103 Å². The fourth-order valence-electron chi connectivity index (χ4n) is 6.97. The molecule has 2 N–H and O–H groups in total. The molecule has 4 rings (SSSR count). The van der Waals surface area contributed by atoms with Crippen molar-refractivity contribution in [2.24, 2.45) is 23.7 Å². The summed E-state index contributed by atoms with van der Waals surface area (Å²) in [6.07, 6.45) is 5.78. The molecule has 0 aliphatic carbocycles. The summed E-state index contributed by atoms with van der Waals surface area (Å²) in [7, 11) is -3.97. The molecule has 1 aliphatic rings. The van der Waals surface area contributed by atoms with Crippen LogP contribution in [-0.2, 0) is 10.0 Å². The first kappa shape index (κ1) is 34.9. The second-order valence-electron chi connectivity index (χ2n) is 14.1. The van der Waals surface area contributed by atoms with E-state index in [1.807, 2.05) is 64.1 Å². The van der Waals surface area contributed by atoms with Crippen molar-refractivity contribution in [2.45, 2.75) is 110 Å². The Morgan fingerprint density at radius 3 is 2.31 bits per heavy atom. The zero-order valence-electron chi connectivity index (χ0n) is 28.4. The molecule has 2 heterocycles. The van der Waals surface area contributed by atoms with Crippen LogP contribution in [0.2, 0.25) is 0 Å². The maximum absolute atomic E-state index is 13.8. The van der Waals surface area contributed by atoms with E-state index in [1.165, 1.54) is 0 Å². The molecule has 0 spiro atoms. The first-order valence-electron chi connectivity index (χ1n) is 16.6. The number of anilines is 1. The minimum Gasteiger partial charge on any atom is -0.477 e. The molecule has 0 saturated carbocycles. The number of aliphatic hydroxyl groups is 1. The van der Waals surface area contributed by atoms with Gasteiger partial charge in [-0.25, -0.2) is 18.1 Å². The van der Waals surface area contributed by atoms with Crippen molar-refractivity contribution >= 4 is 16.0 Å². The van der Waals surface area contributed by atoms with Crippen LogP contribution in [0.15, 0.2) is 53.4 Å². The lowest BCUT2D eigenvalue weighted by atomic mass is 9.72. The van der Waals surface area contributed by atoms with E-state index in [0.29, 0.717) is 24.1 Å². The van der Waals surface area contributed by atoms with E-state index in [2.05, 4.69) is 48.5 Å². The van der Waals surface area contributed by atoms with Crippen LogP contribution < -0.4 is 9.46 Å². The number of hydrogen-bond acceptors (Lipinski definition) is 6. The zero-order chi connectivity index (χ0) is 32.9. The summed E-state index contributed by atoms with van der Waals surface area (Å²) in [4.78, 5) is 9.40. The highest BCUT2D eigenvalue weighted by Gasteiger charge is 2.33. The quantitative estimate of drug-likeness (QED) is 0.219. The highest BCUT2D eigenvalue weighted by Crippen LogP contribution is 2.41. The van der Waals surface area contributed by atoms with E-state index in [4.69, 9.17) is 4.74 Å². The third-order valence-electron chi connectivity index (χ3n) is 9.51. The molecule has 1 aliphatic heterocycles. The van der Waals surface area contributed by atoms with Gasteiger partial charge in [0.15, 0.2) is 0 Å². The first-order chi connectivity index (χ1) is 21.2. The van der Waals surface area contributed by atoms with Gasteiger partial charge in [-0.3, -0.25) is 0 Å². The summed E-state index contributed by atoms with van der Waals surface area (Å²) in [5, 5.41) is 10.9. The molecular formula is C37H53N3O4S. The number of nitrogens with zero attached hydrogens (tertiary/aromatic N) is 2. The van der Waals surface area contributed by atoms with Crippen LogP contribution in [-0.4, -0.2) is 35.7 Å². The maximum Gasteiger partial charge on any atom is 0.264 e. The molecule has 3 aromatic rings. The summed E-state index contributed by atoms with van der Waals surface area (Å²) < 4.78 is 36.7. The zero-order valence-corrected chi connectivity index (χ0v) is 29.2. The fraction of sp³-hybridized carbons (Fsp3) is 0.568. The Balaban J connectivity index is 1.81. The molecule has 0 radical (unpaired) electrons. The lowest BCUT2D eigenvalue weighted by molar-refractivity contribution is 0.00556. The molecule has 0 amide bonds. The Kier molecular flexibility index (Phi) is 11.3. The highest BCUT2D eigenvalue weighted by atomic mass is 32.2. The molecule has 0 saturated heterocycles. The lowest BCUT2D eigenvalue weighted by Gasteiger charge is -2.35. The molecule has 4 bridgehead atoms. The summed E-state index contributed by atoms with van der Waals surface area (Å²) in [6, 6.07) is 15.2. The largest absolute Gasteiger partial charge is 0.477 e. The third-order valence-corrected chi connectivity index (χ3v) is 10.8. The van der Waals surface area contributed by atoms with Gasteiger partial charge < -0.3 is 9.84 Å². The van der Waals surface area contributed by atoms with Crippen LogP contribution in [0.25, 0.3) is 11.3 Å². The summed E-state index contributed by atoms with van der Waals surface area (Å²) >= 11 is 0. The number of aromatic nitrogens is 2. The Morgan fingerprint density at radius 2 is 1.67 bits per heavy atom. The van der Waals surface area contributed by atoms with Crippen molar-refractivity contribution in [3.63, 3.8) is 0 Å². The average Bonchev–Trinajstić information content (AvgIpc) is 2.95. The van der Waals surface area contributed by atoms with Gasteiger partial charge in [0.25, 0.3) is 10.0 Å². The van der Waals surface area contributed by atoms with Crippen LogP contribution >= 0.6 is 0 Å². The fourth-order valence-corrected chi connectivity index (χ4v) is 7.97. The predicted molar refractivity (Wildman–Crippen MR) is 183 cm³/mol. The van der Waals surface area contributed by atoms with E-state index in [0.717, 1.165) is 60.8 Å². The number of rotatable bonds is 11. The Morgan fingerprint density at radius 1 is 0.978 bits per heavy atom. The summed E-state index contributed by atoms with van der Waals surface area (Å²) in [6.45, 7) is 17.2. The highest BCUT2D eigenvalue weighted by molar-refractivity contribution is 7.92. The summed E-state index contributed by atoms with van der Waals surface area (Å²) in [5.41, 5.74) is 3.89. The Labute approximate surface area is 271 Å². The molecule has 45 heavy (non-hydrogen) atoms. The van der Waals surface area contributed by atoms with Gasteiger partial charge in [0, 0.05) is 17.5 Å². The number of benzene rings is 2. The number of fused-ring (bicyclic) bond motifs is 4. The van der Waals surface area contributed by atoms with Crippen molar-refractivity contribution in [2.75, 3.05) is 11.3 Å². The maximum atomic E-state index is 13.8. The minimum absolute atomic E-state index is 0.00615. The van der Waals surface area contributed by atoms with Gasteiger partial charge in [-0.05, 0) is 106 Å². The standard InChI is InChI=1S/C37H53N3O4S/c1-9-12-30(37(7,8)41)20-18-27(6)35-28-15-11-16-31(21-28)45(42,43)40-36-38-32(34-25(4)13-10-14-26(34)5)22-33(39-36)44-23-29(35)19-17-24(2)3/h10-11,13-16,21-22,24,27,29-30,35,41H,9,12,17-20,23H2,1-8H3,(H,38,39,40)/t27-,29+,30?,35?/m0/s1. The van der Waals surface area contributed by atoms with Gasteiger partial charge in [-0.1, -0.05) is 70.9 Å². The van der Waals surface area contributed by atoms with Crippen molar-refractivity contribution in [1.29, 1.82) is 0 Å². The smallest absolute Gasteiger partial charge is 0.264 e. The predicted octanol–water partition coefficient (Wildman–Crippen LogP) is 8.69. The van der Waals surface area contributed by atoms with Crippen molar-refractivity contribution < 1.29 is 18.3 Å². The van der Waals surface area contributed by atoms with Crippen molar-refractivity contribution in [1.82, 2.24) is 9.97 Å². The van der Waals surface area contributed by atoms with Crippen LogP contribution in [0, 0.1) is 37.5 Å². The third kappa shape index (κ3) is 8.85. The number of sulfonamides is 1. The van der Waals surface area contributed by atoms with Crippen LogP contribution in [0.4, 0.5) is 5.95 Å². The topological polar surface area (TPSA) is 101 Å². The van der Waals surface area contributed by atoms with Gasteiger partial charge in [0.2, 0.25) is 11.8 Å². The van der Waals surface area contributed by atoms with Gasteiger partial charge >= 0.3 is 0 Å². The molecule has 0 fully saturated rings. The first-order valence-corrected chi connectivity index (χ1v) is 18.1. The molecular weight excluding hydrogens is 582 g/mol. The van der Waals surface area contributed by atoms with Gasteiger partial charge in [-0.15, -0.1) is 0 Å². The number of ether oxygens (including phenoxy) is 1. The van der Waals surface area contributed by atoms with E-state index in [1.54, 1.807) is 6.07 Å². The van der Waals surface area contributed by atoms with E-state index < -0.39 is 15.6 Å². The Bertz CT molecular complexity index is 1530. The van der Waals surface area contributed by atoms with E-state index >= 15 is 0 Å². The van der Waals surface area contributed by atoms with Crippen LogP contribution in [0.3, 0.4) is 0 Å². The van der Waals surface area contributed by atoms with Crippen LogP contribution in [0.5, 0.6) is 5.88 Å². The average molecular weight is 636 g/mol. The van der Waals surface area contributed by atoms with E-state index in [9.17, 15) is 13.5 Å². The number of hydrogen-bond donors (Lipinski definition) is 2.